The van der Waals surface area contributed by atoms with Crippen molar-refractivity contribution >= 4 is 28.2 Å². The Balaban J connectivity index is 1.92. The van der Waals surface area contributed by atoms with E-state index in [1.807, 2.05) is 30.3 Å². The molecule has 1 aromatic carbocycles. The first-order valence-corrected chi connectivity index (χ1v) is 6.00. The van der Waals surface area contributed by atoms with Crippen LogP contribution >= 0.6 is 11.6 Å². The number of benzene rings is 1. The molecule has 1 N–H and O–H groups in total. The van der Waals surface area contributed by atoms with E-state index in [1.165, 1.54) is 0 Å². The molecule has 0 aliphatic heterocycles. The Morgan fingerprint density at radius 1 is 1.22 bits per heavy atom. The van der Waals surface area contributed by atoms with Gasteiger partial charge in [0.25, 0.3) is 0 Å². The normalized spacial score (nSPS) is 10.7. The summed E-state index contributed by atoms with van der Waals surface area (Å²) in [4.78, 5) is 4.30. The highest BCUT2D eigenvalue weighted by molar-refractivity contribution is 6.31. The third-order valence-electron chi connectivity index (χ3n) is 2.77. The van der Waals surface area contributed by atoms with E-state index in [2.05, 4.69) is 10.3 Å². The lowest BCUT2D eigenvalue weighted by atomic mass is 10.2. The van der Waals surface area contributed by atoms with Crippen molar-refractivity contribution in [3.05, 3.63) is 59.6 Å². The highest BCUT2D eigenvalue weighted by Crippen LogP contribution is 2.24. The fourth-order valence-electron chi connectivity index (χ4n) is 1.87. The van der Waals surface area contributed by atoms with E-state index >= 15 is 0 Å². The molecule has 0 saturated carbocycles. The van der Waals surface area contributed by atoms with E-state index < -0.39 is 0 Å². The molecule has 0 spiro atoms. The van der Waals surface area contributed by atoms with Gasteiger partial charge in [-0.1, -0.05) is 11.6 Å². The van der Waals surface area contributed by atoms with E-state index in [9.17, 15) is 0 Å². The van der Waals surface area contributed by atoms with Gasteiger partial charge < -0.3 is 9.73 Å². The molecule has 3 aromatic rings. The number of nitrogens with zero attached hydrogens (tertiary/aromatic N) is 1. The van der Waals surface area contributed by atoms with Crippen LogP contribution in [-0.2, 0) is 6.54 Å². The summed E-state index contributed by atoms with van der Waals surface area (Å²) in [6, 6.07) is 9.60. The van der Waals surface area contributed by atoms with Crippen molar-refractivity contribution in [2.45, 2.75) is 6.54 Å². The number of pyridine rings is 1. The molecule has 2 aromatic heterocycles. The Kier molecular flexibility index (Phi) is 2.90. The zero-order chi connectivity index (χ0) is 12.4. The Hall–Kier alpha value is -2.00. The van der Waals surface area contributed by atoms with E-state index in [1.54, 1.807) is 18.7 Å². The summed E-state index contributed by atoms with van der Waals surface area (Å²) in [6.45, 7) is 0.720. The molecular weight excluding hydrogens is 248 g/mol. The Morgan fingerprint density at radius 3 is 3.00 bits per heavy atom. The van der Waals surface area contributed by atoms with Crippen molar-refractivity contribution in [3.8, 4) is 0 Å². The van der Waals surface area contributed by atoms with Crippen molar-refractivity contribution in [1.82, 2.24) is 4.98 Å². The number of nitrogens with one attached hydrogen (secondary N) is 1. The standard InChI is InChI=1S/C14H11ClN2O/c15-11-1-2-12-13(3-5-16-14(12)7-11)17-8-10-4-6-18-9-10/h1-7,9H,8H2,(H,16,17). The molecule has 3 rings (SSSR count). The minimum atomic E-state index is 0.696. The number of hydrogen-bond acceptors (Lipinski definition) is 3. The van der Waals surface area contributed by atoms with E-state index in [-0.39, 0.29) is 0 Å². The molecule has 0 radical (unpaired) electrons. The Labute approximate surface area is 109 Å². The topological polar surface area (TPSA) is 38.1 Å². The molecule has 3 nitrogen and oxygen atoms in total. The fourth-order valence-corrected chi connectivity index (χ4v) is 2.03. The molecule has 4 heteroatoms. The second kappa shape index (κ2) is 4.70. The van der Waals surface area contributed by atoms with Crippen molar-refractivity contribution < 1.29 is 4.42 Å². The lowest BCUT2D eigenvalue weighted by molar-refractivity contribution is 0.564. The van der Waals surface area contributed by atoms with Gasteiger partial charge in [-0.2, -0.15) is 0 Å². The minimum absolute atomic E-state index is 0.696. The third kappa shape index (κ3) is 2.17. The van der Waals surface area contributed by atoms with Gasteiger partial charge in [0.1, 0.15) is 0 Å². The molecule has 90 valence electrons. The van der Waals surface area contributed by atoms with Crippen LogP contribution < -0.4 is 5.32 Å². The van der Waals surface area contributed by atoms with Crippen molar-refractivity contribution in [2.24, 2.45) is 0 Å². The summed E-state index contributed by atoms with van der Waals surface area (Å²) in [5.74, 6) is 0. The van der Waals surface area contributed by atoms with Gasteiger partial charge in [0, 0.05) is 34.4 Å². The van der Waals surface area contributed by atoms with E-state index in [0.29, 0.717) is 5.02 Å². The van der Waals surface area contributed by atoms with Crippen molar-refractivity contribution in [3.63, 3.8) is 0 Å². The zero-order valence-corrected chi connectivity index (χ0v) is 10.3. The maximum atomic E-state index is 5.96. The van der Waals surface area contributed by atoms with Gasteiger partial charge >= 0.3 is 0 Å². The molecule has 0 unspecified atom stereocenters. The molecule has 0 atom stereocenters. The summed E-state index contributed by atoms with van der Waals surface area (Å²) in [6.07, 6.45) is 5.17. The SMILES string of the molecule is Clc1ccc2c(NCc3ccoc3)ccnc2c1. The highest BCUT2D eigenvalue weighted by Gasteiger charge is 2.02. The van der Waals surface area contributed by atoms with Gasteiger partial charge in [-0.15, -0.1) is 0 Å². The Morgan fingerprint density at radius 2 is 2.17 bits per heavy atom. The van der Waals surface area contributed by atoms with E-state index in [0.717, 1.165) is 28.7 Å². The van der Waals surface area contributed by atoms with Gasteiger partial charge in [-0.25, -0.2) is 0 Å². The van der Waals surface area contributed by atoms with Crippen molar-refractivity contribution in [2.75, 3.05) is 5.32 Å². The molecule has 18 heavy (non-hydrogen) atoms. The number of fused-ring (bicyclic) bond motifs is 1. The second-order valence-corrected chi connectivity index (χ2v) is 4.44. The molecule has 0 fully saturated rings. The van der Waals surface area contributed by atoms with Crippen LogP contribution in [0.25, 0.3) is 10.9 Å². The van der Waals surface area contributed by atoms with Gasteiger partial charge in [0.15, 0.2) is 0 Å². The van der Waals surface area contributed by atoms with Gasteiger partial charge in [0.2, 0.25) is 0 Å². The van der Waals surface area contributed by atoms with Crippen LogP contribution in [0, 0.1) is 0 Å². The Bertz CT molecular complexity index is 665. The third-order valence-corrected chi connectivity index (χ3v) is 3.00. The predicted octanol–water partition coefficient (Wildman–Crippen LogP) is 4.09. The summed E-state index contributed by atoms with van der Waals surface area (Å²) < 4.78 is 5.04. The van der Waals surface area contributed by atoms with Crippen LogP contribution in [0.5, 0.6) is 0 Å². The first-order valence-electron chi connectivity index (χ1n) is 5.62. The molecule has 0 aliphatic rings. The molecular formula is C14H11ClN2O. The van der Waals surface area contributed by atoms with Gasteiger partial charge in [-0.3, -0.25) is 4.98 Å². The van der Waals surface area contributed by atoms with Crippen LogP contribution in [0.15, 0.2) is 53.5 Å². The summed E-state index contributed by atoms with van der Waals surface area (Å²) >= 11 is 5.96. The van der Waals surface area contributed by atoms with Crippen LogP contribution in [-0.4, -0.2) is 4.98 Å². The molecule has 0 aliphatic carbocycles. The number of furan rings is 1. The maximum Gasteiger partial charge on any atom is 0.0952 e. The molecule has 0 saturated heterocycles. The largest absolute Gasteiger partial charge is 0.472 e. The molecule has 2 heterocycles. The maximum absolute atomic E-state index is 5.96. The zero-order valence-electron chi connectivity index (χ0n) is 9.56. The number of aromatic nitrogens is 1. The number of halogens is 1. The molecule has 0 amide bonds. The van der Waals surface area contributed by atoms with Gasteiger partial charge in [0.05, 0.1) is 18.0 Å². The lowest BCUT2D eigenvalue weighted by Crippen LogP contribution is -1.99. The monoisotopic (exact) mass is 258 g/mol. The van der Waals surface area contributed by atoms with Crippen LogP contribution in [0.3, 0.4) is 0 Å². The second-order valence-electron chi connectivity index (χ2n) is 4.01. The smallest absolute Gasteiger partial charge is 0.0952 e. The average Bonchev–Trinajstić information content (AvgIpc) is 2.89. The summed E-state index contributed by atoms with van der Waals surface area (Å²) in [5, 5.41) is 5.12. The van der Waals surface area contributed by atoms with Crippen LogP contribution in [0.2, 0.25) is 5.02 Å². The summed E-state index contributed by atoms with van der Waals surface area (Å²) in [5.41, 5.74) is 3.03. The first kappa shape index (κ1) is 11.1. The number of anilines is 1. The fraction of sp³-hybridized carbons (Fsp3) is 0.0714. The number of rotatable bonds is 3. The highest BCUT2D eigenvalue weighted by atomic mass is 35.5. The van der Waals surface area contributed by atoms with Crippen LogP contribution in [0.4, 0.5) is 5.69 Å². The van der Waals surface area contributed by atoms with Crippen molar-refractivity contribution in [1.29, 1.82) is 0 Å². The lowest BCUT2D eigenvalue weighted by Gasteiger charge is -2.08. The minimum Gasteiger partial charge on any atom is -0.472 e. The summed E-state index contributed by atoms with van der Waals surface area (Å²) in [7, 11) is 0. The first-order chi connectivity index (χ1) is 8.83. The quantitative estimate of drug-likeness (QED) is 0.769. The number of hydrogen-bond donors (Lipinski definition) is 1. The van der Waals surface area contributed by atoms with Crippen LogP contribution in [0.1, 0.15) is 5.56 Å². The van der Waals surface area contributed by atoms with E-state index in [4.69, 9.17) is 16.0 Å². The predicted molar refractivity (Wildman–Crippen MR) is 72.8 cm³/mol. The molecule has 0 bridgehead atoms. The average molecular weight is 259 g/mol. The van der Waals surface area contributed by atoms with Gasteiger partial charge in [-0.05, 0) is 30.3 Å².